The van der Waals surface area contributed by atoms with E-state index in [0.717, 1.165) is 12.0 Å². The minimum absolute atomic E-state index is 0.0684. The Morgan fingerprint density at radius 1 is 1.60 bits per heavy atom. The Hall–Kier alpha value is -1.32. The van der Waals surface area contributed by atoms with Gasteiger partial charge in [0.15, 0.2) is 5.69 Å². The lowest BCUT2D eigenvalue weighted by Gasteiger charge is -2.05. The molecule has 0 bridgehead atoms. The van der Waals surface area contributed by atoms with E-state index in [4.69, 9.17) is 0 Å². The average Bonchev–Trinajstić information content (AvgIpc) is 2.57. The highest BCUT2D eigenvalue weighted by Gasteiger charge is 2.17. The Labute approximate surface area is 90.7 Å². The number of nitrogens with one attached hydrogen (secondary N) is 1. The molecule has 1 aromatic rings. The summed E-state index contributed by atoms with van der Waals surface area (Å²) in [7, 11) is 1.84. The monoisotopic (exact) mass is 209 g/mol. The molecule has 1 aromatic heterocycles. The van der Waals surface area contributed by atoms with Crippen LogP contribution in [0.25, 0.3) is 0 Å². The number of amides is 1. The van der Waals surface area contributed by atoms with Crippen molar-refractivity contribution in [2.45, 2.75) is 33.1 Å². The third-order valence-electron chi connectivity index (χ3n) is 2.23. The average molecular weight is 209 g/mol. The molecule has 4 nitrogen and oxygen atoms in total. The molecule has 0 radical (unpaired) electrons. The molecule has 1 N–H and O–H groups in total. The number of aromatic nitrogens is 2. The molecule has 0 saturated carbocycles. The third-order valence-corrected chi connectivity index (χ3v) is 2.23. The van der Waals surface area contributed by atoms with Crippen molar-refractivity contribution in [2.24, 2.45) is 7.05 Å². The maximum Gasteiger partial charge on any atom is 0.272 e. The van der Waals surface area contributed by atoms with Crippen molar-refractivity contribution in [3.63, 3.8) is 0 Å². The lowest BCUT2D eigenvalue weighted by Crippen LogP contribution is -2.25. The van der Waals surface area contributed by atoms with Gasteiger partial charge < -0.3 is 5.32 Å². The van der Waals surface area contributed by atoms with E-state index in [2.05, 4.69) is 24.3 Å². The van der Waals surface area contributed by atoms with Crippen LogP contribution < -0.4 is 5.32 Å². The maximum absolute atomic E-state index is 11.8. The number of hydrogen-bond donors (Lipinski definition) is 1. The summed E-state index contributed by atoms with van der Waals surface area (Å²) < 4.78 is 1.69. The summed E-state index contributed by atoms with van der Waals surface area (Å²) in [5.74, 6) is 0.252. The zero-order chi connectivity index (χ0) is 11.4. The van der Waals surface area contributed by atoms with Crippen LogP contribution in [0, 0.1) is 0 Å². The van der Waals surface area contributed by atoms with E-state index in [-0.39, 0.29) is 5.91 Å². The first-order valence-corrected chi connectivity index (χ1v) is 5.38. The van der Waals surface area contributed by atoms with Gasteiger partial charge >= 0.3 is 0 Å². The summed E-state index contributed by atoms with van der Waals surface area (Å²) in [5.41, 5.74) is 1.56. The summed E-state index contributed by atoms with van der Waals surface area (Å²) in [6.45, 7) is 6.86. The lowest BCUT2D eigenvalue weighted by atomic mass is 10.0. The van der Waals surface area contributed by atoms with Gasteiger partial charge in [0.2, 0.25) is 0 Å². The van der Waals surface area contributed by atoms with E-state index in [9.17, 15) is 4.79 Å². The summed E-state index contributed by atoms with van der Waals surface area (Å²) in [4.78, 5) is 11.8. The van der Waals surface area contributed by atoms with Crippen molar-refractivity contribution in [1.82, 2.24) is 15.1 Å². The molecular weight excluding hydrogens is 190 g/mol. The van der Waals surface area contributed by atoms with E-state index in [1.54, 1.807) is 4.68 Å². The van der Waals surface area contributed by atoms with Gasteiger partial charge in [-0.2, -0.15) is 5.10 Å². The fourth-order valence-electron chi connectivity index (χ4n) is 1.43. The summed E-state index contributed by atoms with van der Waals surface area (Å²) in [5, 5.41) is 7.03. The number of rotatable bonds is 4. The van der Waals surface area contributed by atoms with Crippen molar-refractivity contribution in [3.8, 4) is 0 Å². The Balaban J connectivity index is 2.87. The van der Waals surface area contributed by atoms with Crippen LogP contribution in [0.15, 0.2) is 6.20 Å². The molecule has 0 unspecified atom stereocenters. The molecular formula is C11H19N3O. The van der Waals surface area contributed by atoms with Crippen LogP contribution in [-0.2, 0) is 7.05 Å². The number of carbonyl (C=O) groups is 1. The fourth-order valence-corrected chi connectivity index (χ4v) is 1.43. The van der Waals surface area contributed by atoms with Crippen molar-refractivity contribution >= 4 is 5.91 Å². The first-order chi connectivity index (χ1) is 7.06. The van der Waals surface area contributed by atoms with Crippen LogP contribution in [0.5, 0.6) is 0 Å². The Bertz CT molecular complexity index is 342. The molecule has 0 aliphatic carbocycles. The second kappa shape index (κ2) is 4.96. The smallest absolute Gasteiger partial charge is 0.272 e. The SMILES string of the molecule is CCCNC(=O)c1nn(C)cc1C(C)C. The Kier molecular flexibility index (Phi) is 3.88. The molecule has 0 aliphatic rings. The van der Waals surface area contributed by atoms with Crippen LogP contribution in [0.2, 0.25) is 0 Å². The minimum atomic E-state index is -0.0684. The van der Waals surface area contributed by atoms with Crippen LogP contribution >= 0.6 is 0 Å². The second-order valence-electron chi connectivity index (χ2n) is 4.02. The zero-order valence-electron chi connectivity index (χ0n) is 9.87. The van der Waals surface area contributed by atoms with Gasteiger partial charge in [0, 0.05) is 25.4 Å². The molecule has 84 valence electrons. The van der Waals surface area contributed by atoms with Crippen LogP contribution in [0.3, 0.4) is 0 Å². The standard InChI is InChI=1S/C11H19N3O/c1-5-6-12-11(15)10-9(8(2)3)7-14(4)13-10/h7-8H,5-6H2,1-4H3,(H,12,15). The van der Waals surface area contributed by atoms with Gasteiger partial charge in [-0.05, 0) is 12.3 Å². The molecule has 0 aromatic carbocycles. The van der Waals surface area contributed by atoms with Gasteiger partial charge in [-0.1, -0.05) is 20.8 Å². The summed E-state index contributed by atoms with van der Waals surface area (Å²) in [6.07, 6.45) is 2.85. The summed E-state index contributed by atoms with van der Waals surface area (Å²) >= 11 is 0. The van der Waals surface area contributed by atoms with E-state index in [1.807, 2.05) is 20.2 Å². The minimum Gasteiger partial charge on any atom is -0.351 e. The molecule has 15 heavy (non-hydrogen) atoms. The summed E-state index contributed by atoms with van der Waals surface area (Å²) in [6, 6.07) is 0. The predicted molar refractivity (Wildman–Crippen MR) is 59.9 cm³/mol. The Morgan fingerprint density at radius 2 is 2.27 bits per heavy atom. The molecule has 0 saturated heterocycles. The van der Waals surface area contributed by atoms with E-state index < -0.39 is 0 Å². The largest absolute Gasteiger partial charge is 0.351 e. The molecule has 0 fully saturated rings. The third kappa shape index (κ3) is 2.81. The molecule has 4 heteroatoms. The highest BCUT2D eigenvalue weighted by atomic mass is 16.1. The van der Waals surface area contributed by atoms with Crippen molar-refractivity contribution in [2.75, 3.05) is 6.54 Å². The molecule has 1 rings (SSSR count). The van der Waals surface area contributed by atoms with Crippen molar-refractivity contribution < 1.29 is 4.79 Å². The van der Waals surface area contributed by atoms with Crippen LogP contribution in [0.1, 0.15) is 49.2 Å². The molecule has 0 spiro atoms. The molecule has 0 aliphatic heterocycles. The topological polar surface area (TPSA) is 46.9 Å². The van der Waals surface area contributed by atoms with Gasteiger partial charge in [-0.3, -0.25) is 9.48 Å². The zero-order valence-corrected chi connectivity index (χ0v) is 9.87. The van der Waals surface area contributed by atoms with Gasteiger partial charge in [0.05, 0.1) is 0 Å². The van der Waals surface area contributed by atoms with E-state index >= 15 is 0 Å². The van der Waals surface area contributed by atoms with Gasteiger partial charge in [-0.15, -0.1) is 0 Å². The normalized spacial score (nSPS) is 10.7. The van der Waals surface area contributed by atoms with E-state index in [0.29, 0.717) is 18.2 Å². The number of aryl methyl sites for hydroxylation is 1. The van der Waals surface area contributed by atoms with Gasteiger partial charge in [0.1, 0.15) is 0 Å². The van der Waals surface area contributed by atoms with Gasteiger partial charge in [0.25, 0.3) is 5.91 Å². The number of carbonyl (C=O) groups excluding carboxylic acids is 1. The highest BCUT2D eigenvalue weighted by molar-refractivity contribution is 5.93. The number of nitrogens with zero attached hydrogens (tertiary/aromatic N) is 2. The van der Waals surface area contributed by atoms with Crippen molar-refractivity contribution in [1.29, 1.82) is 0 Å². The Morgan fingerprint density at radius 3 is 2.80 bits per heavy atom. The predicted octanol–water partition coefficient (Wildman–Crippen LogP) is 1.68. The van der Waals surface area contributed by atoms with Gasteiger partial charge in [-0.25, -0.2) is 0 Å². The van der Waals surface area contributed by atoms with Crippen LogP contribution in [0.4, 0.5) is 0 Å². The second-order valence-corrected chi connectivity index (χ2v) is 4.02. The molecule has 1 amide bonds. The fraction of sp³-hybridized carbons (Fsp3) is 0.636. The van der Waals surface area contributed by atoms with Crippen LogP contribution in [-0.4, -0.2) is 22.2 Å². The first kappa shape index (κ1) is 11.8. The maximum atomic E-state index is 11.8. The number of hydrogen-bond acceptors (Lipinski definition) is 2. The quantitative estimate of drug-likeness (QED) is 0.820. The van der Waals surface area contributed by atoms with Crippen molar-refractivity contribution in [3.05, 3.63) is 17.5 Å². The molecule has 0 atom stereocenters. The molecule has 1 heterocycles. The lowest BCUT2D eigenvalue weighted by molar-refractivity contribution is 0.0946. The van der Waals surface area contributed by atoms with E-state index in [1.165, 1.54) is 0 Å². The first-order valence-electron chi connectivity index (χ1n) is 5.38. The highest BCUT2D eigenvalue weighted by Crippen LogP contribution is 2.17.